The molecule has 3 fully saturated rings. The van der Waals surface area contributed by atoms with Gasteiger partial charge in [0.25, 0.3) is 0 Å². The molecule has 0 aliphatic carbocycles. The van der Waals surface area contributed by atoms with Crippen LogP contribution in [0.15, 0.2) is 42.7 Å². The number of hydrogen-bond acceptors (Lipinski definition) is 9. The van der Waals surface area contributed by atoms with Crippen molar-refractivity contribution in [1.82, 2.24) is 19.8 Å². The minimum absolute atomic E-state index is 0.162. The van der Waals surface area contributed by atoms with Crippen LogP contribution in [0.2, 0.25) is 0 Å². The molecular weight excluding hydrogens is 591 g/mol. The van der Waals surface area contributed by atoms with Crippen molar-refractivity contribution in [2.45, 2.75) is 74.7 Å². The predicted octanol–water partition coefficient (Wildman–Crippen LogP) is 3.67. The van der Waals surface area contributed by atoms with Gasteiger partial charge in [0.15, 0.2) is 6.29 Å². The van der Waals surface area contributed by atoms with E-state index in [0.29, 0.717) is 50.7 Å². The molecule has 4 heterocycles. The molecule has 0 saturated carbocycles. The summed E-state index contributed by atoms with van der Waals surface area (Å²) in [5.74, 6) is 0.250. The maximum atomic E-state index is 14.2. The van der Waals surface area contributed by atoms with E-state index in [1.807, 2.05) is 4.90 Å². The van der Waals surface area contributed by atoms with Crippen LogP contribution in [0.25, 0.3) is 0 Å². The van der Waals surface area contributed by atoms with Crippen LogP contribution < -0.4 is 15.1 Å². The number of hydrogen-bond donors (Lipinski definition) is 1. The summed E-state index contributed by atoms with van der Waals surface area (Å²) < 4.78 is 78.5. The van der Waals surface area contributed by atoms with Crippen molar-refractivity contribution in [2.75, 3.05) is 37.7 Å². The highest BCUT2D eigenvalue weighted by molar-refractivity contribution is 7.90. The number of rotatable bonds is 9. The van der Waals surface area contributed by atoms with E-state index in [9.17, 15) is 26.4 Å². The molecule has 0 bridgehead atoms. The van der Waals surface area contributed by atoms with E-state index in [4.69, 9.17) is 14.3 Å². The van der Waals surface area contributed by atoms with Gasteiger partial charge in [0, 0.05) is 58.0 Å². The summed E-state index contributed by atoms with van der Waals surface area (Å²) in [6.45, 7) is 1.55. The fourth-order valence-electron chi connectivity index (χ4n) is 5.74. The van der Waals surface area contributed by atoms with Gasteiger partial charge >= 0.3 is 6.18 Å². The van der Waals surface area contributed by atoms with Gasteiger partial charge in [-0.2, -0.15) is 13.2 Å². The monoisotopic (exact) mass is 627 g/mol. The maximum Gasteiger partial charge on any atom is 0.416 e. The fraction of sp³-hybridized carbons (Fsp3) is 0.607. The Morgan fingerprint density at radius 1 is 1.02 bits per heavy atom. The first-order valence-corrected chi connectivity index (χ1v) is 15.9. The van der Waals surface area contributed by atoms with Gasteiger partial charge in [-0.3, -0.25) is 4.79 Å². The van der Waals surface area contributed by atoms with E-state index in [2.05, 4.69) is 15.4 Å². The number of alkyl halides is 3. The molecule has 3 aliphatic rings. The summed E-state index contributed by atoms with van der Waals surface area (Å²) in [5.41, 5.74) is 1.65. The van der Waals surface area contributed by atoms with Gasteiger partial charge in [-0.25, -0.2) is 33.0 Å². The zero-order valence-electron chi connectivity index (χ0n) is 23.7. The standard InChI is InChI=1S/C28H36F3N5O6S/c29-28(30,31)21-5-7-22(8-6-21)41-23-9-15-36(16-10-23)43(38,39)27(20-24(37)34-42-25-4-1-2-19-40-25)11-17-35(18-12-27)26-32-13-3-14-33-26/h3,5-8,13-14,23,25H,1-2,4,9-12,15-20H2,(H,34,37). The normalized spacial score (nSPS) is 22.2. The number of aromatic nitrogens is 2. The average Bonchev–Trinajstić information content (AvgIpc) is 3.01. The minimum Gasteiger partial charge on any atom is -0.490 e. The lowest BCUT2D eigenvalue weighted by Crippen LogP contribution is -2.58. The number of nitrogens with zero attached hydrogens (tertiary/aromatic N) is 4. The van der Waals surface area contributed by atoms with Crippen molar-refractivity contribution in [1.29, 1.82) is 0 Å². The quantitative estimate of drug-likeness (QED) is 0.415. The zero-order valence-corrected chi connectivity index (χ0v) is 24.5. The van der Waals surface area contributed by atoms with Gasteiger partial charge in [-0.05, 0) is 68.9 Å². The molecule has 1 N–H and O–H groups in total. The van der Waals surface area contributed by atoms with Gasteiger partial charge in [-0.1, -0.05) is 0 Å². The third-order valence-corrected chi connectivity index (χ3v) is 10.9. The minimum atomic E-state index is -4.44. The van der Waals surface area contributed by atoms with E-state index >= 15 is 0 Å². The summed E-state index contributed by atoms with van der Waals surface area (Å²) in [5, 5.41) is 0. The molecular formula is C28H36F3N5O6S. The Balaban J connectivity index is 1.24. The van der Waals surface area contributed by atoms with Gasteiger partial charge in [0.1, 0.15) is 11.9 Å². The third-order valence-electron chi connectivity index (χ3n) is 8.21. The Hall–Kier alpha value is -3.01. The number of carbonyl (C=O) groups is 1. The van der Waals surface area contributed by atoms with Crippen molar-refractivity contribution < 1.29 is 40.7 Å². The lowest BCUT2D eigenvalue weighted by molar-refractivity contribution is -0.200. The lowest BCUT2D eigenvalue weighted by atomic mass is 9.92. The van der Waals surface area contributed by atoms with Crippen LogP contribution in [-0.2, 0) is 30.6 Å². The molecule has 1 amide bonds. The van der Waals surface area contributed by atoms with E-state index in [0.717, 1.165) is 25.0 Å². The van der Waals surface area contributed by atoms with Crippen LogP contribution in [0, 0.1) is 0 Å². The summed E-state index contributed by atoms with van der Waals surface area (Å²) >= 11 is 0. The molecule has 43 heavy (non-hydrogen) atoms. The van der Waals surface area contributed by atoms with Gasteiger partial charge < -0.3 is 14.4 Å². The molecule has 1 unspecified atom stereocenters. The van der Waals surface area contributed by atoms with Crippen molar-refractivity contribution >= 4 is 21.9 Å². The molecule has 1 atom stereocenters. The fourth-order valence-corrected chi connectivity index (χ4v) is 7.99. The molecule has 3 aliphatic heterocycles. The molecule has 15 heteroatoms. The number of nitrogens with one attached hydrogen (secondary N) is 1. The molecule has 0 spiro atoms. The average molecular weight is 628 g/mol. The van der Waals surface area contributed by atoms with Gasteiger partial charge in [0.2, 0.25) is 21.9 Å². The van der Waals surface area contributed by atoms with Crippen LogP contribution in [0.3, 0.4) is 0 Å². The molecule has 3 saturated heterocycles. The number of carbonyl (C=O) groups excluding carboxylic acids is 1. The summed E-state index contributed by atoms with van der Waals surface area (Å²) in [7, 11) is -3.97. The first-order valence-electron chi connectivity index (χ1n) is 14.5. The predicted molar refractivity (Wildman–Crippen MR) is 149 cm³/mol. The molecule has 1 aromatic carbocycles. The second kappa shape index (κ2) is 13.3. The van der Waals surface area contributed by atoms with E-state index in [1.165, 1.54) is 16.4 Å². The third kappa shape index (κ3) is 7.56. The molecule has 0 radical (unpaired) electrons. The summed E-state index contributed by atoms with van der Waals surface area (Å²) in [4.78, 5) is 29.0. The Morgan fingerprint density at radius 3 is 2.30 bits per heavy atom. The Bertz CT molecular complexity index is 1310. The smallest absolute Gasteiger partial charge is 0.416 e. The Labute approximate surface area is 248 Å². The lowest BCUT2D eigenvalue weighted by Gasteiger charge is -2.44. The first kappa shape index (κ1) is 31.4. The number of ether oxygens (including phenoxy) is 2. The second-order valence-corrected chi connectivity index (χ2v) is 13.4. The molecule has 236 valence electrons. The van der Waals surface area contributed by atoms with Crippen LogP contribution in [0.1, 0.15) is 56.9 Å². The zero-order chi connectivity index (χ0) is 30.5. The van der Waals surface area contributed by atoms with Crippen molar-refractivity contribution in [3.63, 3.8) is 0 Å². The number of halogens is 3. The number of amides is 1. The number of sulfonamides is 1. The highest BCUT2D eigenvalue weighted by Gasteiger charge is 2.51. The van der Waals surface area contributed by atoms with Gasteiger partial charge in [-0.15, -0.1) is 0 Å². The SMILES string of the molecule is O=C(CC1(S(=O)(=O)N2CCC(Oc3ccc(C(F)(F)F)cc3)CC2)CCN(c2ncccn2)CC1)NOC1CCCCO1. The molecule has 2 aromatic rings. The topological polar surface area (TPSA) is 123 Å². The molecule has 1 aromatic heterocycles. The number of benzene rings is 1. The van der Waals surface area contributed by atoms with Crippen LogP contribution in [0.5, 0.6) is 5.75 Å². The largest absolute Gasteiger partial charge is 0.490 e. The van der Waals surface area contributed by atoms with Crippen LogP contribution >= 0.6 is 0 Å². The Kier molecular flexibility index (Phi) is 9.73. The van der Waals surface area contributed by atoms with E-state index in [1.54, 1.807) is 18.5 Å². The van der Waals surface area contributed by atoms with Crippen molar-refractivity contribution in [3.05, 3.63) is 48.3 Å². The van der Waals surface area contributed by atoms with Crippen LogP contribution in [-0.4, -0.2) is 78.5 Å². The highest BCUT2D eigenvalue weighted by atomic mass is 32.2. The Morgan fingerprint density at radius 2 is 1.70 bits per heavy atom. The summed E-state index contributed by atoms with van der Waals surface area (Å²) in [6.07, 6.45) is 1.14. The highest BCUT2D eigenvalue weighted by Crippen LogP contribution is 2.39. The first-order chi connectivity index (χ1) is 20.6. The van der Waals surface area contributed by atoms with Gasteiger partial charge in [0.05, 0.1) is 10.3 Å². The molecule has 11 nitrogen and oxygen atoms in total. The number of hydroxylamine groups is 1. The van der Waals surface area contributed by atoms with Crippen LogP contribution in [0.4, 0.5) is 19.1 Å². The van der Waals surface area contributed by atoms with Crippen molar-refractivity contribution in [2.24, 2.45) is 0 Å². The maximum absolute atomic E-state index is 14.2. The second-order valence-electron chi connectivity index (χ2n) is 11.1. The number of piperidine rings is 2. The van der Waals surface area contributed by atoms with Crippen molar-refractivity contribution in [3.8, 4) is 5.75 Å². The summed E-state index contributed by atoms with van der Waals surface area (Å²) in [6, 6.07) is 6.16. The van der Waals surface area contributed by atoms with E-state index < -0.39 is 38.7 Å². The van der Waals surface area contributed by atoms with E-state index in [-0.39, 0.29) is 38.5 Å². The molecule has 5 rings (SSSR count). The number of anilines is 1.